The third-order valence-corrected chi connectivity index (χ3v) is 4.02. The fraction of sp³-hybridized carbons (Fsp3) is 0.143. The molecule has 0 bridgehead atoms. The van der Waals surface area contributed by atoms with Crippen molar-refractivity contribution in [2.24, 2.45) is 0 Å². The fourth-order valence-electron chi connectivity index (χ4n) is 1.61. The van der Waals surface area contributed by atoms with Crippen LogP contribution in [0, 0.1) is 0 Å². The van der Waals surface area contributed by atoms with E-state index < -0.39 is 0 Å². The summed E-state index contributed by atoms with van der Waals surface area (Å²) < 4.78 is 7.33. The van der Waals surface area contributed by atoms with Crippen molar-refractivity contribution >= 4 is 37.5 Å². The number of methoxy groups -OCH3 is 1. The molecule has 2 aromatic rings. The predicted octanol–water partition coefficient (Wildman–Crippen LogP) is 4.83. The highest BCUT2D eigenvalue weighted by Gasteiger charge is 2.02. The molecule has 0 aliphatic heterocycles. The molecule has 2 nitrogen and oxygen atoms in total. The minimum Gasteiger partial charge on any atom is -0.495 e. The topological polar surface area (TPSA) is 21.3 Å². The average molecular weight is 371 g/mol. The van der Waals surface area contributed by atoms with E-state index in [9.17, 15) is 0 Å². The lowest BCUT2D eigenvalue weighted by Crippen LogP contribution is -2.00. The molecule has 0 aliphatic carbocycles. The second-order valence-corrected chi connectivity index (χ2v) is 5.50. The van der Waals surface area contributed by atoms with Gasteiger partial charge < -0.3 is 10.1 Å². The molecule has 0 heterocycles. The van der Waals surface area contributed by atoms with E-state index in [2.05, 4.69) is 43.2 Å². The molecule has 0 saturated carbocycles. The quantitative estimate of drug-likeness (QED) is 0.831. The molecule has 0 radical (unpaired) electrons. The maximum atomic E-state index is 5.27. The zero-order valence-electron chi connectivity index (χ0n) is 9.91. The zero-order valence-corrected chi connectivity index (χ0v) is 13.1. The van der Waals surface area contributed by atoms with Crippen molar-refractivity contribution < 1.29 is 4.74 Å². The van der Waals surface area contributed by atoms with Gasteiger partial charge in [0, 0.05) is 22.8 Å². The van der Waals surface area contributed by atoms with Gasteiger partial charge in [-0.3, -0.25) is 0 Å². The minimum absolute atomic E-state index is 0.770. The van der Waals surface area contributed by atoms with Crippen LogP contribution >= 0.6 is 31.9 Å². The van der Waals surface area contributed by atoms with Gasteiger partial charge in [0.15, 0.2) is 0 Å². The Morgan fingerprint density at radius 2 is 1.83 bits per heavy atom. The maximum Gasteiger partial charge on any atom is 0.135 e. The number of hydrogen-bond acceptors (Lipinski definition) is 2. The molecule has 2 aromatic carbocycles. The first-order chi connectivity index (χ1) is 8.70. The highest BCUT2D eigenvalue weighted by atomic mass is 79.9. The Morgan fingerprint density at radius 1 is 1.06 bits per heavy atom. The molecular weight excluding hydrogens is 358 g/mol. The van der Waals surface area contributed by atoms with Crippen LogP contribution in [0.15, 0.2) is 51.4 Å². The van der Waals surface area contributed by atoms with Crippen LogP contribution in [-0.2, 0) is 6.54 Å². The fourth-order valence-corrected chi connectivity index (χ4v) is 2.44. The van der Waals surface area contributed by atoms with Gasteiger partial charge in [0.1, 0.15) is 5.75 Å². The molecule has 0 fully saturated rings. The number of halogens is 2. The monoisotopic (exact) mass is 369 g/mol. The normalized spacial score (nSPS) is 10.2. The summed E-state index contributed by atoms with van der Waals surface area (Å²) in [6.07, 6.45) is 0. The summed E-state index contributed by atoms with van der Waals surface area (Å²) >= 11 is 6.98. The Balaban J connectivity index is 2.09. The standard InChI is InChI=1S/C14H13Br2NO/c1-18-14-8-11(6-7-13(14)16)17-9-10-4-2-3-5-12(10)15/h2-8,17H,9H2,1H3. The molecule has 0 aromatic heterocycles. The van der Waals surface area contributed by atoms with E-state index in [0.29, 0.717) is 0 Å². The number of anilines is 1. The minimum atomic E-state index is 0.770. The van der Waals surface area contributed by atoms with Crippen molar-refractivity contribution in [3.63, 3.8) is 0 Å². The molecular formula is C14H13Br2NO. The highest BCUT2D eigenvalue weighted by molar-refractivity contribution is 9.10. The molecule has 2 rings (SSSR count). The molecule has 0 spiro atoms. The van der Waals surface area contributed by atoms with Crippen LogP contribution in [0.4, 0.5) is 5.69 Å². The SMILES string of the molecule is COc1cc(NCc2ccccc2Br)ccc1Br. The first-order valence-corrected chi connectivity index (χ1v) is 7.10. The Labute approximate surface area is 124 Å². The van der Waals surface area contributed by atoms with Crippen molar-refractivity contribution in [3.8, 4) is 5.75 Å². The smallest absolute Gasteiger partial charge is 0.135 e. The summed E-state index contributed by atoms with van der Waals surface area (Å²) in [6, 6.07) is 14.1. The van der Waals surface area contributed by atoms with Gasteiger partial charge in [0.2, 0.25) is 0 Å². The number of benzene rings is 2. The molecule has 1 N–H and O–H groups in total. The van der Waals surface area contributed by atoms with Crippen LogP contribution < -0.4 is 10.1 Å². The summed E-state index contributed by atoms with van der Waals surface area (Å²) in [7, 11) is 1.66. The largest absolute Gasteiger partial charge is 0.495 e. The van der Waals surface area contributed by atoms with Crippen molar-refractivity contribution in [2.45, 2.75) is 6.54 Å². The van der Waals surface area contributed by atoms with Crippen molar-refractivity contribution in [1.29, 1.82) is 0 Å². The number of hydrogen-bond donors (Lipinski definition) is 1. The Bertz CT molecular complexity index is 543. The maximum absolute atomic E-state index is 5.27. The average Bonchev–Trinajstić information content (AvgIpc) is 2.39. The summed E-state index contributed by atoms with van der Waals surface area (Å²) in [6.45, 7) is 0.770. The molecule has 94 valence electrons. The Morgan fingerprint density at radius 3 is 2.56 bits per heavy atom. The van der Waals surface area contributed by atoms with Crippen LogP contribution in [0.5, 0.6) is 5.75 Å². The lowest BCUT2D eigenvalue weighted by molar-refractivity contribution is 0.412. The molecule has 0 saturated heterocycles. The van der Waals surface area contributed by atoms with E-state index in [0.717, 1.165) is 26.9 Å². The Kier molecular flexibility index (Phi) is 4.66. The summed E-state index contributed by atoms with van der Waals surface area (Å²) in [4.78, 5) is 0. The first kappa shape index (κ1) is 13.4. The summed E-state index contributed by atoms with van der Waals surface area (Å²) in [5.41, 5.74) is 2.25. The van der Waals surface area contributed by atoms with Gasteiger partial charge in [-0.25, -0.2) is 0 Å². The van der Waals surface area contributed by atoms with Gasteiger partial charge in [0.05, 0.1) is 11.6 Å². The van der Waals surface area contributed by atoms with E-state index in [1.807, 2.05) is 36.4 Å². The Hall–Kier alpha value is -1.000. The second-order valence-electron chi connectivity index (χ2n) is 3.79. The van der Waals surface area contributed by atoms with Crippen LogP contribution in [0.25, 0.3) is 0 Å². The van der Waals surface area contributed by atoms with Crippen LogP contribution in [0.1, 0.15) is 5.56 Å². The van der Waals surface area contributed by atoms with E-state index in [4.69, 9.17) is 4.74 Å². The summed E-state index contributed by atoms with van der Waals surface area (Å²) in [5.74, 6) is 0.826. The third-order valence-electron chi connectivity index (χ3n) is 2.59. The lowest BCUT2D eigenvalue weighted by Gasteiger charge is -2.10. The molecule has 4 heteroatoms. The third kappa shape index (κ3) is 3.27. The second kappa shape index (κ2) is 6.25. The van der Waals surface area contributed by atoms with Crippen molar-refractivity contribution in [2.75, 3.05) is 12.4 Å². The van der Waals surface area contributed by atoms with E-state index in [1.165, 1.54) is 5.56 Å². The molecule has 0 unspecified atom stereocenters. The molecule has 0 aliphatic rings. The van der Waals surface area contributed by atoms with Gasteiger partial charge in [-0.2, -0.15) is 0 Å². The van der Waals surface area contributed by atoms with Gasteiger partial charge in [-0.05, 0) is 39.7 Å². The van der Waals surface area contributed by atoms with E-state index in [1.54, 1.807) is 7.11 Å². The van der Waals surface area contributed by atoms with Gasteiger partial charge in [-0.1, -0.05) is 34.1 Å². The number of nitrogens with one attached hydrogen (secondary N) is 1. The number of ether oxygens (including phenoxy) is 1. The van der Waals surface area contributed by atoms with Crippen molar-refractivity contribution in [3.05, 3.63) is 57.0 Å². The zero-order chi connectivity index (χ0) is 13.0. The number of rotatable bonds is 4. The van der Waals surface area contributed by atoms with Crippen LogP contribution in [0.2, 0.25) is 0 Å². The van der Waals surface area contributed by atoms with Crippen molar-refractivity contribution in [1.82, 2.24) is 0 Å². The summed E-state index contributed by atoms with van der Waals surface area (Å²) in [5, 5.41) is 3.37. The highest BCUT2D eigenvalue weighted by Crippen LogP contribution is 2.28. The molecule has 18 heavy (non-hydrogen) atoms. The van der Waals surface area contributed by atoms with Gasteiger partial charge >= 0.3 is 0 Å². The molecule has 0 amide bonds. The van der Waals surface area contributed by atoms with Gasteiger partial charge in [0.25, 0.3) is 0 Å². The van der Waals surface area contributed by atoms with E-state index in [-0.39, 0.29) is 0 Å². The van der Waals surface area contributed by atoms with Crippen LogP contribution in [-0.4, -0.2) is 7.11 Å². The molecule has 0 atom stereocenters. The van der Waals surface area contributed by atoms with E-state index >= 15 is 0 Å². The lowest BCUT2D eigenvalue weighted by atomic mass is 10.2. The predicted molar refractivity (Wildman–Crippen MR) is 82.2 cm³/mol. The van der Waals surface area contributed by atoms with Gasteiger partial charge in [-0.15, -0.1) is 0 Å². The van der Waals surface area contributed by atoms with Crippen LogP contribution in [0.3, 0.4) is 0 Å². The first-order valence-electron chi connectivity index (χ1n) is 5.51.